The van der Waals surface area contributed by atoms with Gasteiger partial charge in [0, 0.05) is 6.07 Å². The van der Waals surface area contributed by atoms with Gasteiger partial charge in [0.15, 0.2) is 5.69 Å². The molecule has 0 unspecified atom stereocenters. The van der Waals surface area contributed by atoms with Crippen LogP contribution in [0.1, 0.15) is 23.0 Å². The summed E-state index contributed by atoms with van der Waals surface area (Å²) >= 11 is 0. The van der Waals surface area contributed by atoms with Crippen molar-refractivity contribution in [2.75, 3.05) is 12.3 Å². The van der Waals surface area contributed by atoms with Gasteiger partial charge in [0.05, 0.1) is 12.3 Å². The maximum Gasteiger partial charge on any atom is 0.574 e. The van der Waals surface area contributed by atoms with Gasteiger partial charge in [-0.05, 0) is 6.92 Å². The zero-order valence-electron chi connectivity index (χ0n) is 9.61. The number of carbonyl (C=O) groups excluding carboxylic acids is 1. The molecule has 0 aliphatic rings. The highest BCUT2D eigenvalue weighted by molar-refractivity contribution is 5.97. The molecule has 19 heavy (non-hydrogen) atoms. The van der Waals surface area contributed by atoms with Crippen LogP contribution in [0.4, 0.5) is 18.9 Å². The topological polar surface area (TPSA) is 98.2 Å². The van der Waals surface area contributed by atoms with E-state index in [1.807, 2.05) is 0 Å². The Balaban J connectivity index is 3.23. The number of aromatic nitrogens is 1. The Bertz CT molecular complexity index is 537. The lowest BCUT2D eigenvalue weighted by atomic mass is 10.1. The Morgan fingerprint density at radius 2 is 2.21 bits per heavy atom. The van der Waals surface area contributed by atoms with Crippen LogP contribution in [0.3, 0.4) is 0 Å². The number of nitrogen functional groups attached to an aromatic ring is 1. The number of nitrogens with zero attached hydrogens (tertiary/aromatic N) is 2. The van der Waals surface area contributed by atoms with Gasteiger partial charge >= 0.3 is 12.3 Å². The van der Waals surface area contributed by atoms with Crippen molar-refractivity contribution < 1.29 is 27.4 Å². The molecule has 0 fully saturated rings. The third kappa shape index (κ3) is 3.74. The molecule has 2 N–H and O–H groups in total. The van der Waals surface area contributed by atoms with Crippen LogP contribution in [0.15, 0.2) is 6.07 Å². The van der Waals surface area contributed by atoms with Gasteiger partial charge in [-0.3, -0.25) is 0 Å². The highest BCUT2D eigenvalue weighted by Gasteiger charge is 2.33. The van der Waals surface area contributed by atoms with Gasteiger partial charge in [0.1, 0.15) is 11.6 Å². The maximum atomic E-state index is 12.0. The van der Waals surface area contributed by atoms with E-state index in [0.29, 0.717) is 6.07 Å². The van der Waals surface area contributed by atoms with Crippen molar-refractivity contribution in [3.8, 4) is 11.9 Å². The summed E-state index contributed by atoms with van der Waals surface area (Å²) in [5, 5.41) is 8.77. The van der Waals surface area contributed by atoms with E-state index in [1.165, 1.54) is 13.0 Å². The molecule has 0 radical (unpaired) electrons. The summed E-state index contributed by atoms with van der Waals surface area (Å²) in [6.07, 6.45) is -4.97. The van der Waals surface area contributed by atoms with Crippen LogP contribution in [0, 0.1) is 11.3 Å². The molecule has 0 spiro atoms. The molecule has 6 nitrogen and oxygen atoms in total. The van der Waals surface area contributed by atoms with E-state index in [4.69, 9.17) is 11.0 Å². The summed E-state index contributed by atoms with van der Waals surface area (Å²) in [6.45, 7) is 1.54. The molecule has 0 bridgehead atoms. The van der Waals surface area contributed by atoms with Gasteiger partial charge in [-0.1, -0.05) is 0 Å². The molecule has 0 saturated carbocycles. The number of halogens is 3. The Hall–Kier alpha value is -2.50. The van der Waals surface area contributed by atoms with Gasteiger partial charge in [0.2, 0.25) is 5.88 Å². The molecule has 0 amide bonds. The number of carbonyl (C=O) groups is 1. The number of hydrogen-bond acceptors (Lipinski definition) is 6. The van der Waals surface area contributed by atoms with E-state index in [0.717, 1.165) is 0 Å². The zero-order chi connectivity index (χ0) is 14.6. The molecule has 0 atom stereocenters. The second-order valence-corrected chi connectivity index (χ2v) is 3.15. The van der Waals surface area contributed by atoms with Crippen LogP contribution in [-0.4, -0.2) is 23.9 Å². The molecule has 0 aliphatic carbocycles. The van der Waals surface area contributed by atoms with Crippen molar-refractivity contribution in [2.45, 2.75) is 13.3 Å². The molecule has 0 saturated heterocycles. The van der Waals surface area contributed by atoms with Crippen molar-refractivity contribution in [3.63, 3.8) is 0 Å². The number of alkyl halides is 3. The Labute approximate surface area is 105 Å². The number of esters is 1. The fourth-order valence-electron chi connectivity index (χ4n) is 1.21. The first kappa shape index (κ1) is 14.6. The van der Waals surface area contributed by atoms with Gasteiger partial charge in [0.25, 0.3) is 0 Å². The van der Waals surface area contributed by atoms with Crippen molar-refractivity contribution in [1.82, 2.24) is 4.98 Å². The highest BCUT2D eigenvalue weighted by Crippen LogP contribution is 2.26. The molecule has 9 heteroatoms. The molecule has 1 aromatic rings. The van der Waals surface area contributed by atoms with Gasteiger partial charge in [-0.15, -0.1) is 13.2 Å². The number of rotatable bonds is 3. The van der Waals surface area contributed by atoms with Crippen LogP contribution in [0.25, 0.3) is 0 Å². The fourth-order valence-corrected chi connectivity index (χ4v) is 1.21. The lowest BCUT2D eigenvalue weighted by Crippen LogP contribution is -2.19. The predicted molar refractivity (Wildman–Crippen MR) is 56.0 cm³/mol. The monoisotopic (exact) mass is 275 g/mol. The van der Waals surface area contributed by atoms with E-state index in [2.05, 4.69) is 14.5 Å². The molecule has 0 aromatic carbocycles. The number of hydrogen-bond donors (Lipinski definition) is 1. The summed E-state index contributed by atoms with van der Waals surface area (Å²) in [6, 6.07) is 2.16. The average molecular weight is 275 g/mol. The molecule has 0 aliphatic heterocycles. The summed E-state index contributed by atoms with van der Waals surface area (Å²) < 4.78 is 44.2. The summed E-state index contributed by atoms with van der Waals surface area (Å²) in [5.74, 6) is -1.86. The lowest BCUT2D eigenvalue weighted by Gasteiger charge is -2.11. The van der Waals surface area contributed by atoms with Crippen molar-refractivity contribution in [1.29, 1.82) is 5.26 Å². The third-order valence-corrected chi connectivity index (χ3v) is 1.83. The van der Waals surface area contributed by atoms with E-state index in [1.54, 1.807) is 0 Å². The van der Waals surface area contributed by atoms with E-state index >= 15 is 0 Å². The first-order chi connectivity index (χ1) is 8.78. The number of nitrogens with two attached hydrogens (primary N) is 1. The van der Waals surface area contributed by atoms with Gasteiger partial charge in [-0.2, -0.15) is 5.26 Å². The number of anilines is 1. The maximum absolute atomic E-state index is 12.0. The minimum atomic E-state index is -4.97. The Kier molecular flexibility index (Phi) is 4.16. The largest absolute Gasteiger partial charge is 0.574 e. The lowest BCUT2D eigenvalue weighted by molar-refractivity contribution is -0.276. The van der Waals surface area contributed by atoms with Crippen LogP contribution in [0.2, 0.25) is 0 Å². The molecule has 1 aromatic heterocycles. The number of pyridine rings is 1. The zero-order valence-corrected chi connectivity index (χ0v) is 9.61. The standard InChI is InChI=1S/C10H8F3N3O3/c1-2-18-9(17)8-5(15)3-7(16-6(8)4-14)19-10(11,12)13/h3H,2H2,1H3,(H2,15,16). The minimum absolute atomic E-state index is 0.0178. The van der Waals surface area contributed by atoms with Gasteiger partial charge < -0.3 is 15.2 Å². The second kappa shape index (κ2) is 5.43. The molecule has 102 valence electrons. The van der Waals surface area contributed by atoms with E-state index in [9.17, 15) is 18.0 Å². The second-order valence-electron chi connectivity index (χ2n) is 3.15. The van der Waals surface area contributed by atoms with E-state index < -0.39 is 23.9 Å². The molecular weight excluding hydrogens is 267 g/mol. The molecule has 1 rings (SSSR count). The van der Waals surface area contributed by atoms with E-state index in [-0.39, 0.29) is 17.9 Å². The molecule has 1 heterocycles. The first-order valence-corrected chi connectivity index (χ1v) is 4.92. The van der Waals surface area contributed by atoms with Gasteiger partial charge in [-0.25, -0.2) is 9.78 Å². The van der Waals surface area contributed by atoms with Crippen LogP contribution in [-0.2, 0) is 4.74 Å². The summed E-state index contributed by atoms with van der Waals surface area (Å²) in [4.78, 5) is 14.7. The number of ether oxygens (including phenoxy) is 2. The van der Waals surface area contributed by atoms with Crippen molar-refractivity contribution in [3.05, 3.63) is 17.3 Å². The summed E-state index contributed by atoms with van der Waals surface area (Å²) in [7, 11) is 0. The average Bonchev–Trinajstić information content (AvgIpc) is 2.25. The normalized spacial score (nSPS) is 10.7. The number of nitriles is 1. The smallest absolute Gasteiger partial charge is 0.462 e. The highest BCUT2D eigenvalue weighted by atomic mass is 19.4. The van der Waals surface area contributed by atoms with Crippen LogP contribution < -0.4 is 10.5 Å². The SMILES string of the molecule is CCOC(=O)c1c(N)cc(OC(F)(F)F)nc1C#N. The molecular formula is C10H8F3N3O3. The first-order valence-electron chi connectivity index (χ1n) is 4.92. The van der Waals surface area contributed by atoms with Crippen LogP contribution in [0.5, 0.6) is 5.88 Å². The Morgan fingerprint density at radius 3 is 2.68 bits per heavy atom. The van der Waals surface area contributed by atoms with Crippen LogP contribution >= 0.6 is 0 Å². The fraction of sp³-hybridized carbons (Fsp3) is 0.300. The van der Waals surface area contributed by atoms with Crippen molar-refractivity contribution >= 4 is 11.7 Å². The Morgan fingerprint density at radius 1 is 1.58 bits per heavy atom. The minimum Gasteiger partial charge on any atom is -0.462 e. The van der Waals surface area contributed by atoms with Crippen molar-refractivity contribution in [2.24, 2.45) is 0 Å². The predicted octanol–water partition coefficient (Wildman–Crippen LogP) is 1.61. The quantitative estimate of drug-likeness (QED) is 0.841. The summed E-state index contributed by atoms with van der Waals surface area (Å²) in [5.41, 5.74) is 4.03. The third-order valence-electron chi connectivity index (χ3n) is 1.83.